The van der Waals surface area contributed by atoms with Gasteiger partial charge in [-0.05, 0) is 144 Å². The van der Waals surface area contributed by atoms with Crippen LogP contribution >= 0.6 is 57.4 Å². The summed E-state index contributed by atoms with van der Waals surface area (Å²) in [6, 6.07) is 15.0. The van der Waals surface area contributed by atoms with Gasteiger partial charge in [0.25, 0.3) is 17.7 Å². The highest BCUT2D eigenvalue weighted by atomic mass is 127. The number of fused-ring (bicyclic) bond motifs is 1. The van der Waals surface area contributed by atoms with Gasteiger partial charge >= 0.3 is 0 Å². The molecule has 1 aromatic heterocycles. The number of thiocarbonyl (C=S) groups is 1. The number of pyridine rings is 1. The number of imide groups is 2. The molecule has 1 N–H and O–H groups in total. The van der Waals surface area contributed by atoms with Gasteiger partial charge in [-0.3, -0.25) is 44.0 Å². The largest absolute Gasteiger partial charge is 0.369 e. The third-order valence-electron chi connectivity index (χ3n) is 12.3. The highest BCUT2D eigenvalue weighted by molar-refractivity contribution is 14.2. The highest BCUT2D eigenvalue weighted by Gasteiger charge is 2.50. The van der Waals surface area contributed by atoms with Crippen LogP contribution in [-0.2, 0) is 22.6 Å². The number of nitrogens with zero attached hydrogens (tertiary/aromatic N) is 8. The maximum Gasteiger partial charge on any atom is 0.262 e. The zero-order valence-corrected chi connectivity index (χ0v) is 38.1. The van der Waals surface area contributed by atoms with E-state index >= 15 is 4.39 Å². The van der Waals surface area contributed by atoms with Crippen LogP contribution in [0.3, 0.4) is 0 Å². The summed E-state index contributed by atoms with van der Waals surface area (Å²) in [5.74, 6) is -0.795. The third kappa shape index (κ3) is 7.97. The molecule has 0 radical (unpaired) electrons. The maximum atomic E-state index is 15.0. The molecule has 14 nitrogen and oxygen atoms in total. The molecule has 8 rings (SSSR count). The summed E-state index contributed by atoms with van der Waals surface area (Å²) < 4.78 is 13.2. The Labute approximate surface area is 379 Å². The van der Waals surface area contributed by atoms with Gasteiger partial charge in [-0.1, -0.05) is 6.07 Å². The van der Waals surface area contributed by atoms with Crippen LogP contribution in [-0.4, -0.2) is 112 Å². The number of hydrogen-bond acceptors (Lipinski definition) is 11. The molecule has 5 amide bonds. The lowest BCUT2D eigenvalue weighted by molar-refractivity contribution is -0.136. The molecular formula is C42H42FI2N9O5S. The molecule has 1 unspecified atom stereocenters. The second kappa shape index (κ2) is 16.5. The molecule has 2 aromatic carbocycles. The van der Waals surface area contributed by atoms with Crippen LogP contribution in [0.5, 0.6) is 0 Å². The minimum Gasteiger partial charge on any atom is -0.369 e. The Morgan fingerprint density at radius 1 is 0.900 bits per heavy atom. The van der Waals surface area contributed by atoms with Gasteiger partial charge in [0.05, 0.1) is 28.4 Å². The summed E-state index contributed by atoms with van der Waals surface area (Å²) in [7, 11) is 0. The number of nitrogens with one attached hydrogen (secondary N) is 1. The molecule has 0 spiro atoms. The lowest BCUT2D eigenvalue weighted by atomic mass is 9.96. The zero-order chi connectivity index (χ0) is 42.7. The van der Waals surface area contributed by atoms with Crippen LogP contribution in [0.1, 0.15) is 76.9 Å². The summed E-state index contributed by atoms with van der Waals surface area (Å²) in [6.07, 6.45) is 4.12. The molecule has 5 aliphatic rings. The predicted molar refractivity (Wildman–Crippen MR) is 243 cm³/mol. The first-order valence-corrected chi connectivity index (χ1v) is 22.4. The van der Waals surface area contributed by atoms with Gasteiger partial charge in [0.2, 0.25) is 13.5 Å². The highest BCUT2D eigenvalue weighted by Crippen LogP contribution is 2.44. The molecule has 4 fully saturated rings. The Morgan fingerprint density at radius 3 is 2.25 bits per heavy atom. The minimum absolute atomic E-state index is 0.0827. The standard InChI is InChI=1S/C42H42FI2N9O5S/c1-41(2)39(59)53(29-5-4-27(21-46)32(20-29)42(43,44)45)40(60)52(41)24-26-3-9-34(47-22-26)51-13-11-25(12-14-51)23-49-15-17-50(18-16-49)28-6-7-30-31(19-28)38(58)54(37(30)57)33-8-10-35(55)48-36(33)56/h3-7,9,19-20,22,25,33H,8,10-18,23-24H2,1-2H3,(H,48,55,56). The summed E-state index contributed by atoms with van der Waals surface area (Å²) in [4.78, 5) is 80.4. The SMILES string of the molecule is CC1(C)C(=O)N(c2ccc(C#N)c(C(F)(I)I)c2)C(=S)N1Cc1ccc(N2CCC(CN3CCN(c4ccc5c(c4)C(=O)N(C4CCC(=O)NC4=O)C5=O)CC3)CC2)nc1. The Hall–Kier alpha value is -4.33. The van der Waals surface area contributed by atoms with E-state index in [1.165, 1.54) is 17.0 Å². The van der Waals surface area contributed by atoms with Crippen molar-refractivity contribution < 1.29 is 28.4 Å². The fraction of sp³-hybridized carbons (Fsp3) is 0.429. The number of carbonyl (C=O) groups is 5. The average molecular weight is 1060 g/mol. The molecule has 6 heterocycles. The number of aromatic nitrogens is 1. The normalized spacial score (nSPS) is 21.5. The molecule has 0 bridgehead atoms. The number of carbonyl (C=O) groups excluding carboxylic acids is 5. The van der Waals surface area contributed by atoms with Gasteiger partial charge in [-0.25, -0.2) is 9.37 Å². The van der Waals surface area contributed by atoms with Gasteiger partial charge < -0.3 is 14.7 Å². The number of nitriles is 1. The first-order chi connectivity index (χ1) is 28.5. The van der Waals surface area contributed by atoms with E-state index in [1.54, 1.807) is 63.4 Å². The van der Waals surface area contributed by atoms with E-state index in [2.05, 4.69) is 20.0 Å². The lowest BCUT2D eigenvalue weighted by Gasteiger charge is -2.40. The summed E-state index contributed by atoms with van der Waals surface area (Å²) in [6.45, 7) is 10.1. The predicted octanol–water partition coefficient (Wildman–Crippen LogP) is 5.26. The number of anilines is 3. The van der Waals surface area contributed by atoms with E-state index in [0.717, 1.165) is 80.6 Å². The van der Waals surface area contributed by atoms with Crippen LogP contribution < -0.4 is 20.0 Å². The van der Waals surface area contributed by atoms with Crippen LogP contribution in [0.15, 0.2) is 54.7 Å². The van der Waals surface area contributed by atoms with Crippen LogP contribution in [0.4, 0.5) is 21.6 Å². The smallest absolute Gasteiger partial charge is 0.262 e. The van der Waals surface area contributed by atoms with Gasteiger partial charge in [0.1, 0.15) is 17.4 Å². The first kappa shape index (κ1) is 42.4. The van der Waals surface area contributed by atoms with Crippen LogP contribution in [0.25, 0.3) is 0 Å². The molecule has 0 saturated carbocycles. The van der Waals surface area contributed by atoms with Gasteiger partial charge in [-0.2, -0.15) is 5.26 Å². The molecular weight excluding hydrogens is 1020 g/mol. The number of piperazine rings is 1. The van der Waals surface area contributed by atoms with Crippen molar-refractivity contribution in [2.24, 2.45) is 5.92 Å². The van der Waals surface area contributed by atoms with E-state index in [9.17, 15) is 29.2 Å². The molecule has 1 atom stereocenters. The summed E-state index contributed by atoms with van der Waals surface area (Å²) in [5.41, 5.74) is 2.17. The van der Waals surface area contributed by atoms with Crippen molar-refractivity contribution in [1.82, 2.24) is 25.0 Å². The number of piperidine rings is 2. The van der Waals surface area contributed by atoms with E-state index in [4.69, 9.17) is 17.2 Å². The second-order valence-electron chi connectivity index (χ2n) is 16.3. The van der Waals surface area contributed by atoms with Crippen molar-refractivity contribution >= 4 is 109 Å². The molecule has 312 valence electrons. The lowest BCUT2D eigenvalue weighted by Crippen LogP contribution is -2.54. The summed E-state index contributed by atoms with van der Waals surface area (Å²) >= 11 is 9.10. The number of hydrogen-bond donors (Lipinski definition) is 1. The number of benzene rings is 2. The quantitative estimate of drug-likeness (QED) is 0.129. The van der Waals surface area contributed by atoms with Crippen LogP contribution in [0, 0.1) is 17.2 Å². The Balaban J connectivity index is 0.820. The molecule has 60 heavy (non-hydrogen) atoms. The minimum atomic E-state index is -1.84. The summed E-state index contributed by atoms with van der Waals surface area (Å²) in [5, 5.41) is 12.1. The topological polar surface area (TPSA) is 154 Å². The van der Waals surface area contributed by atoms with Crippen molar-refractivity contribution in [2.45, 2.75) is 59.3 Å². The first-order valence-electron chi connectivity index (χ1n) is 19.9. The van der Waals surface area contributed by atoms with Crippen LogP contribution in [0.2, 0.25) is 0 Å². The Bertz CT molecular complexity index is 2340. The number of halogens is 3. The molecule has 18 heteroatoms. The average Bonchev–Trinajstić information content (AvgIpc) is 3.57. The van der Waals surface area contributed by atoms with Gasteiger partial charge in [0, 0.05) is 76.2 Å². The van der Waals surface area contributed by atoms with E-state index in [0.29, 0.717) is 28.8 Å². The number of alkyl halides is 3. The number of rotatable bonds is 9. The molecule has 4 saturated heterocycles. The van der Waals surface area contributed by atoms with E-state index in [1.807, 2.05) is 49.2 Å². The second-order valence-corrected chi connectivity index (χ2v) is 21.7. The monoisotopic (exact) mass is 1060 g/mol. The fourth-order valence-electron chi connectivity index (χ4n) is 8.77. The fourth-order valence-corrected chi connectivity index (χ4v) is 10.1. The van der Waals surface area contributed by atoms with Crippen molar-refractivity contribution in [1.29, 1.82) is 5.26 Å². The Morgan fingerprint density at radius 2 is 1.60 bits per heavy atom. The van der Waals surface area contributed by atoms with Crippen molar-refractivity contribution in [3.8, 4) is 6.07 Å². The molecule has 3 aromatic rings. The zero-order valence-electron chi connectivity index (χ0n) is 33.0. The van der Waals surface area contributed by atoms with Crippen molar-refractivity contribution in [3.63, 3.8) is 0 Å². The van der Waals surface area contributed by atoms with Crippen molar-refractivity contribution in [3.05, 3.63) is 82.5 Å². The van der Waals surface area contributed by atoms with Gasteiger partial charge in [-0.15, -0.1) is 0 Å². The van der Waals surface area contributed by atoms with E-state index < -0.39 is 36.9 Å². The Kier molecular flexibility index (Phi) is 11.7. The number of amides is 5. The molecule has 0 aliphatic carbocycles. The van der Waals surface area contributed by atoms with Gasteiger partial charge in [0.15, 0.2) is 5.11 Å². The molecule has 5 aliphatic heterocycles. The maximum absolute atomic E-state index is 15.0. The van der Waals surface area contributed by atoms with E-state index in [-0.39, 0.29) is 35.4 Å². The van der Waals surface area contributed by atoms with Crippen molar-refractivity contribution in [2.75, 3.05) is 60.5 Å². The third-order valence-corrected chi connectivity index (χ3v) is 13.8.